The van der Waals surface area contributed by atoms with E-state index in [0.717, 1.165) is 6.07 Å². The Labute approximate surface area is 128 Å². The maximum atomic E-state index is 13.7. The van der Waals surface area contributed by atoms with E-state index in [1.54, 1.807) is 13.0 Å². The van der Waals surface area contributed by atoms with Gasteiger partial charge >= 0.3 is 0 Å². The first kappa shape index (κ1) is 15.1. The lowest BCUT2D eigenvalue weighted by Gasteiger charge is -2.09. The number of nitrogens with zero attached hydrogens (tertiary/aromatic N) is 1. The standard InChI is InChI=1S/C14H10BrFN2O3/c1-8-3-2-4-11(16)13(8)17-14(19)9-5-6-10(15)12(7-9)18(20)21/h2-7H,1H3,(H,17,19). The van der Waals surface area contributed by atoms with Gasteiger partial charge in [-0.25, -0.2) is 4.39 Å². The van der Waals surface area contributed by atoms with E-state index < -0.39 is 16.6 Å². The number of amides is 1. The molecule has 0 aromatic heterocycles. The number of rotatable bonds is 3. The van der Waals surface area contributed by atoms with E-state index in [4.69, 9.17) is 0 Å². The van der Waals surface area contributed by atoms with Gasteiger partial charge in [0.1, 0.15) is 5.82 Å². The zero-order valence-corrected chi connectivity index (χ0v) is 12.5. The van der Waals surface area contributed by atoms with E-state index in [0.29, 0.717) is 5.56 Å². The Balaban J connectivity index is 2.33. The van der Waals surface area contributed by atoms with Gasteiger partial charge in [-0.1, -0.05) is 12.1 Å². The van der Waals surface area contributed by atoms with Gasteiger partial charge in [0.15, 0.2) is 0 Å². The Bertz CT molecular complexity index is 714. The number of carbonyl (C=O) groups is 1. The first-order chi connectivity index (χ1) is 9.90. The molecule has 2 rings (SSSR count). The van der Waals surface area contributed by atoms with Crippen molar-refractivity contribution in [2.45, 2.75) is 6.92 Å². The van der Waals surface area contributed by atoms with Crippen LogP contribution in [0.5, 0.6) is 0 Å². The van der Waals surface area contributed by atoms with E-state index in [1.807, 2.05) is 0 Å². The minimum Gasteiger partial charge on any atom is -0.319 e. The molecule has 108 valence electrons. The molecule has 1 amide bonds. The van der Waals surface area contributed by atoms with Crippen molar-refractivity contribution in [2.75, 3.05) is 5.32 Å². The summed E-state index contributed by atoms with van der Waals surface area (Å²) in [6.07, 6.45) is 0. The largest absolute Gasteiger partial charge is 0.319 e. The normalized spacial score (nSPS) is 10.2. The van der Waals surface area contributed by atoms with Gasteiger partial charge in [0.25, 0.3) is 11.6 Å². The number of aryl methyl sites for hydroxylation is 1. The minimum absolute atomic E-state index is 0.0630. The maximum Gasteiger partial charge on any atom is 0.284 e. The van der Waals surface area contributed by atoms with Crippen LogP contribution in [-0.2, 0) is 0 Å². The number of benzene rings is 2. The summed E-state index contributed by atoms with van der Waals surface area (Å²) < 4.78 is 13.9. The molecular formula is C14H10BrFN2O3. The molecule has 0 fully saturated rings. The number of hydrogen-bond acceptors (Lipinski definition) is 3. The molecular weight excluding hydrogens is 343 g/mol. The van der Waals surface area contributed by atoms with Gasteiger partial charge in [-0.2, -0.15) is 0 Å². The molecule has 21 heavy (non-hydrogen) atoms. The highest BCUT2D eigenvalue weighted by Gasteiger charge is 2.17. The first-order valence-electron chi connectivity index (χ1n) is 5.90. The zero-order valence-electron chi connectivity index (χ0n) is 10.9. The second kappa shape index (κ2) is 6.01. The van der Waals surface area contributed by atoms with Crippen LogP contribution in [0.1, 0.15) is 15.9 Å². The summed E-state index contributed by atoms with van der Waals surface area (Å²) in [5.74, 6) is -1.17. The van der Waals surface area contributed by atoms with Crippen LogP contribution >= 0.6 is 15.9 Å². The summed E-state index contributed by atoms with van der Waals surface area (Å²) in [7, 11) is 0. The van der Waals surface area contributed by atoms with Crippen molar-refractivity contribution in [3.05, 3.63) is 67.9 Å². The first-order valence-corrected chi connectivity index (χ1v) is 6.70. The number of nitro groups is 1. The van der Waals surface area contributed by atoms with Crippen LogP contribution in [0.2, 0.25) is 0 Å². The lowest BCUT2D eigenvalue weighted by atomic mass is 10.1. The van der Waals surface area contributed by atoms with Gasteiger partial charge in [-0.3, -0.25) is 14.9 Å². The van der Waals surface area contributed by atoms with Crippen molar-refractivity contribution < 1.29 is 14.1 Å². The Morgan fingerprint density at radius 1 is 1.33 bits per heavy atom. The average molecular weight is 353 g/mol. The molecule has 0 spiro atoms. The number of anilines is 1. The average Bonchev–Trinajstić information content (AvgIpc) is 2.43. The zero-order chi connectivity index (χ0) is 15.6. The summed E-state index contributed by atoms with van der Waals surface area (Å²) >= 11 is 3.04. The quantitative estimate of drug-likeness (QED) is 0.668. The van der Waals surface area contributed by atoms with E-state index in [2.05, 4.69) is 21.2 Å². The highest BCUT2D eigenvalue weighted by molar-refractivity contribution is 9.10. The lowest BCUT2D eigenvalue weighted by molar-refractivity contribution is -0.385. The molecule has 0 aliphatic rings. The summed E-state index contributed by atoms with van der Waals surface area (Å²) in [5.41, 5.74) is 0.475. The number of hydrogen-bond donors (Lipinski definition) is 1. The van der Waals surface area contributed by atoms with Crippen LogP contribution in [0.15, 0.2) is 40.9 Å². The molecule has 1 N–H and O–H groups in total. The number of nitro benzene ring substituents is 1. The van der Waals surface area contributed by atoms with Crippen LogP contribution in [0.4, 0.5) is 15.8 Å². The Morgan fingerprint density at radius 2 is 2.05 bits per heavy atom. The monoisotopic (exact) mass is 352 g/mol. The summed E-state index contributed by atoms with van der Waals surface area (Å²) in [6.45, 7) is 1.66. The Morgan fingerprint density at radius 3 is 2.67 bits per heavy atom. The topological polar surface area (TPSA) is 72.2 Å². The van der Waals surface area contributed by atoms with Gasteiger partial charge in [0, 0.05) is 11.6 Å². The molecule has 0 saturated heterocycles. The third-order valence-electron chi connectivity index (χ3n) is 2.87. The highest BCUT2D eigenvalue weighted by Crippen LogP contribution is 2.26. The van der Waals surface area contributed by atoms with Crippen LogP contribution < -0.4 is 5.32 Å². The van der Waals surface area contributed by atoms with Gasteiger partial charge in [-0.05, 0) is 46.6 Å². The van der Waals surface area contributed by atoms with Crippen molar-refractivity contribution in [2.24, 2.45) is 0 Å². The number of carbonyl (C=O) groups excluding carboxylic acids is 1. The fraction of sp³-hybridized carbons (Fsp3) is 0.0714. The number of nitrogens with one attached hydrogen (secondary N) is 1. The maximum absolute atomic E-state index is 13.7. The molecule has 7 heteroatoms. The molecule has 0 aliphatic carbocycles. The molecule has 0 bridgehead atoms. The molecule has 2 aromatic carbocycles. The Hall–Kier alpha value is -2.28. The molecule has 0 radical (unpaired) electrons. The predicted molar refractivity (Wildman–Crippen MR) is 79.9 cm³/mol. The molecule has 2 aromatic rings. The van der Waals surface area contributed by atoms with Crippen molar-refractivity contribution in [1.29, 1.82) is 0 Å². The van der Waals surface area contributed by atoms with Gasteiger partial charge in [0.05, 0.1) is 15.1 Å². The summed E-state index contributed by atoms with van der Waals surface area (Å²) in [5, 5.41) is 13.3. The minimum atomic E-state index is -0.612. The fourth-order valence-corrected chi connectivity index (χ4v) is 2.16. The lowest BCUT2D eigenvalue weighted by Crippen LogP contribution is -2.14. The summed E-state index contributed by atoms with van der Waals surface area (Å²) in [4.78, 5) is 22.3. The predicted octanol–water partition coefficient (Wildman–Crippen LogP) is 4.06. The van der Waals surface area contributed by atoms with Crippen molar-refractivity contribution in [1.82, 2.24) is 0 Å². The van der Waals surface area contributed by atoms with Gasteiger partial charge in [-0.15, -0.1) is 0 Å². The molecule has 0 unspecified atom stereocenters. The van der Waals surface area contributed by atoms with E-state index >= 15 is 0 Å². The van der Waals surface area contributed by atoms with Crippen LogP contribution in [-0.4, -0.2) is 10.8 Å². The van der Waals surface area contributed by atoms with E-state index in [1.165, 1.54) is 24.3 Å². The molecule has 0 saturated carbocycles. The smallest absolute Gasteiger partial charge is 0.284 e. The van der Waals surface area contributed by atoms with Gasteiger partial charge in [0.2, 0.25) is 0 Å². The number of para-hydroxylation sites is 1. The van der Waals surface area contributed by atoms with Gasteiger partial charge < -0.3 is 5.32 Å². The number of halogens is 2. The summed E-state index contributed by atoms with van der Waals surface area (Å²) in [6, 6.07) is 8.37. The van der Waals surface area contributed by atoms with Crippen LogP contribution in [0.25, 0.3) is 0 Å². The van der Waals surface area contributed by atoms with Crippen molar-refractivity contribution in [3.8, 4) is 0 Å². The molecule has 0 heterocycles. The van der Waals surface area contributed by atoms with Crippen LogP contribution in [0.3, 0.4) is 0 Å². The third kappa shape index (κ3) is 3.25. The van der Waals surface area contributed by atoms with E-state index in [9.17, 15) is 19.3 Å². The SMILES string of the molecule is Cc1cccc(F)c1NC(=O)c1ccc(Br)c([N+](=O)[O-])c1. The second-order valence-corrected chi connectivity index (χ2v) is 5.16. The van der Waals surface area contributed by atoms with Crippen LogP contribution in [0, 0.1) is 22.9 Å². The van der Waals surface area contributed by atoms with E-state index in [-0.39, 0.29) is 21.4 Å². The van der Waals surface area contributed by atoms with Crippen molar-refractivity contribution >= 4 is 33.2 Å². The van der Waals surface area contributed by atoms with Crippen molar-refractivity contribution in [3.63, 3.8) is 0 Å². The second-order valence-electron chi connectivity index (χ2n) is 4.31. The highest BCUT2D eigenvalue weighted by atomic mass is 79.9. The molecule has 0 aliphatic heterocycles. The Kier molecular flexibility index (Phi) is 4.32. The molecule has 0 atom stereocenters. The molecule has 5 nitrogen and oxygen atoms in total. The fourth-order valence-electron chi connectivity index (χ4n) is 1.77. The third-order valence-corrected chi connectivity index (χ3v) is 3.54.